The molecule has 2 aromatic rings. The van der Waals surface area contributed by atoms with E-state index < -0.39 is 10.0 Å². The van der Waals surface area contributed by atoms with Crippen LogP contribution in [-0.2, 0) is 16.4 Å². The minimum Gasteiger partial charge on any atom is -0.304 e. The van der Waals surface area contributed by atoms with E-state index in [1.807, 2.05) is 30.3 Å². The van der Waals surface area contributed by atoms with Crippen molar-refractivity contribution in [3.05, 3.63) is 62.7 Å². The SMILES string of the molecule is CN1CCN([C@H](CNS(=O)(=O)C2=Cc3ccccc3CC2)c2cccs2)CC1. The van der Waals surface area contributed by atoms with Crippen LogP contribution in [0.3, 0.4) is 0 Å². The van der Waals surface area contributed by atoms with Crippen molar-refractivity contribution in [3.8, 4) is 0 Å². The lowest BCUT2D eigenvalue weighted by atomic mass is 9.98. The normalized spacial score (nSPS) is 19.8. The average Bonchev–Trinajstić information content (AvgIpc) is 3.23. The highest BCUT2D eigenvalue weighted by atomic mass is 32.2. The van der Waals surface area contributed by atoms with Gasteiger partial charge in [0, 0.05) is 37.6 Å². The zero-order chi connectivity index (χ0) is 19.6. The maximum atomic E-state index is 13.0. The Morgan fingerprint density at radius 3 is 2.61 bits per heavy atom. The molecule has 0 amide bonds. The number of fused-ring (bicyclic) bond motifs is 1. The van der Waals surface area contributed by atoms with Crippen LogP contribution in [0, 0.1) is 0 Å². The Hall–Kier alpha value is -1.51. The monoisotopic (exact) mass is 417 g/mol. The predicted molar refractivity (Wildman–Crippen MR) is 116 cm³/mol. The number of hydrogen-bond acceptors (Lipinski definition) is 5. The summed E-state index contributed by atoms with van der Waals surface area (Å²) < 4.78 is 28.9. The summed E-state index contributed by atoms with van der Waals surface area (Å²) in [6, 6.07) is 12.3. The first-order chi connectivity index (χ1) is 13.5. The van der Waals surface area contributed by atoms with Crippen molar-refractivity contribution in [2.75, 3.05) is 39.8 Å². The number of benzene rings is 1. The first-order valence-corrected chi connectivity index (χ1v) is 12.1. The number of aryl methyl sites for hydroxylation is 1. The van der Waals surface area contributed by atoms with E-state index >= 15 is 0 Å². The number of likely N-dealkylation sites (N-methyl/N-ethyl adjacent to an activating group) is 1. The molecule has 2 heterocycles. The summed E-state index contributed by atoms with van der Waals surface area (Å²) >= 11 is 1.70. The fourth-order valence-electron chi connectivity index (χ4n) is 3.92. The minimum atomic E-state index is -3.48. The summed E-state index contributed by atoms with van der Waals surface area (Å²) in [6.45, 7) is 4.34. The standard InChI is InChI=1S/C21H27N3O2S2/c1-23-10-12-24(13-11-23)20(21-7-4-14-27-21)16-22-28(25,26)19-9-8-17-5-2-3-6-18(17)15-19/h2-7,14-15,20,22H,8-13,16H2,1H3/t20-/m1/s1. The topological polar surface area (TPSA) is 52.6 Å². The molecule has 2 aliphatic rings. The van der Waals surface area contributed by atoms with Gasteiger partial charge in [-0.2, -0.15) is 0 Å². The van der Waals surface area contributed by atoms with Crippen molar-refractivity contribution in [3.63, 3.8) is 0 Å². The largest absolute Gasteiger partial charge is 0.304 e. The average molecular weight is 418 g/mol. The van der Waals surface area contributed by atoms with E-state index in [2.05, 4.69) is 39.1 Å². The van der Waals surface area contributed by atoms with Crippen LogP contribution in [0.4, 0.5) is 0 Å². The fourth-order valence-corrected chi connectivity index (χ4v) is 6.00. The molecule has 0 bridgehead atoms. The molecule has 0 unspecified atom stereocenters. The quantitative estimate of drug-likeness (QED) is 0.785. The zero-order valence-corrected chi connectivity index (χ0v) is 17.8. The molecule has 1 saturated heterocycles. The molecular formula is C21H27N3O2S2. The number of allylic oxidation sites excluding steroid dienone is 1. The molecule has 4 rings (SSSR count). The van der Waals surface area contributed by atoms with Crippen molar-refractivity contribution in [1.29, 1.82) is 0 Å². The van der Waals surface area contributed by atoms with Crippen molar-refractivity contribution in [2.45, 2.75) is 18.9 Å². The summed E-state index contributed by atoms with van der Waals surface area (Å²) in [5, 5.41) is 2.06. The second-order valence-corrected chi connectivity index (χ2v) is 10.3. The van der Waals surface area contributed by atoms with Gasteiger partial charge in [-0.15, -0.1) is 11.3 Å². The van der Waals surface area contributed by atoms with E-state index in [-0.39, 0.29) is 6.04 Å². The second kappa shape index (κ2) is 8.47. The van der Waals surface area contributed by atoms with Crippen LogP contribution >= 0.6 is 11.3 Å². The van der Waals surface area contributed by atoms with Crippen molar-refractivity contribution in [1.82, 2.24) is 14.5 Å². The molecule has 1 atom stereocenters. The van der Waals surface area contributed by atoms with Crippen molar-refractivity contribution >= 4 is 27.4 Å². The Bertz CT molecular complexity index is 930. The minimum absolute atomic E-state index is 0.0833. The van der Waals surface area contributed by atoms with E-state index in [1.165, 1.54) is 10.4 Å². The summed E-state index contributed by atoms with van der Waals surface area (Å²) in [5.74, 6) is 0. The van der Waals surface area contributed by atoms with E-state index in [0.717, 1.165) is 38.2 Å². The van der Waals surface area contributed by atoms with E-state index in [0.29, 0.717) is 17.9 Å². The van der Waals surface area contributed by atoms with Crippen molar-refractivity contribution < 1.29 is 8.42 Å². The predicted octanol–water partition coefficient (Wildman–Crippen LogP) is 2.94. The van der Waals surface area contributed by atoms with E-state index in [1.54, 1.807) is 11.3 Å². The molecule has 1 aliphatic heterocycles. The first kappa shape index (κ1) is 19.8. The molecule has 0 spiro atoms. The van der Waals surface area contributed by atoms with Gasteiger partial charge >= 0.3 is 0 Å². The molecule has 5 nitrogen and oxygen atoms in total. The van der Waals surface area contributed by atoms with Crippen LogP contribution in [0.5, 0.6) is 0 Å². The lowest BCUT2D eigenvalue weighted by Crippen LogP contribution is -2.48. The molecule has 7 heteroatoms. The third-order valence-corrected chi connectivity index (χ3v) is 8.21. The number of nitrogens with one attached hydrogen (secondary N) is 1. The maximum Gasteiger partial charge on any atom is 0.236 e. The first-order valence-electron chi connectivity index (χ1n) is 9.77. The van der Waals surface area contributed by atoms with Gasteiger partial charge in [0.15, 0.2) is 0 Å². The highest BCUT2D eigenvalue weighted by Crippen LogP contribution is 2.29. The second-order valence-electron chi connectivity index (χ2n) is 7.53. The van der Waals surface area contributed by atoms with Crippen LogP contribution in [0.25, 0.3) is 6.08 Å². The Balaban J connectivity index is 1.50. The van der Waals surface area contributed by atoms with Gasteiger partial charge in [0.2, 0.25) is 10.0 Å². The molecule has 150 valence electrons. The van der Waals surface area contributed by atoms with Gasteiger partial charge in [-0.25, -0.2) is 13.1 Å². The number of thiophene rings is 1. The molecule has 1 aromatic heterocycles. The molecule has 1 aromatic carbocycles. The molecule has 1 fully saturated rings. The van der Waals surface area contributed by atoms with Gasteiger partial charge in [-0.1, -0.05) is 30.3 Å². The molecule has 0 radical (unpaired) electrons. The molecule has 1 aliphatic carbocycles. The van der Waals surface area contributed by atoms with E-state index in [4.69, 9.17) is 0 Å². The number of piperazine rings is 1. The zero-order valence-electron chi connectivity index (χ0n) is 16.2. The van der Waals surface area contributed by atoms with Crippen LogP contribution in [0.2, 0.25) is 0 Å². The van der Waals surface area contributed by atoms with Crippen LogP contribution in [0.15, 0.2) is 46.7 Å². The summed E-state index contributed by atoms with van der Waals surface area (Å²) in [6.07, 6.45) is 3.16. The van der Waals surface area contributed by atoms with Gasteiger partial charge in [0.05, 0.1) is 10.9 Å². The van der Waals surface area contributed by atoms with Crippen LogP contribution in [-0.4, -0.2) is 58.0 Å². The molecular weight excluding hydrogens is 390 g/mol. The Labute approximate surface area is 171 Å². The lowest BCUT2D eigenvalue weighted by molar-refractivity contribution is 0.114. The number of nitrogens with zero attached hydrogens (tertiary/aromatic N) is 2. The lowest BCUT2D eigenvalue weighted by Gasteiger charge is -2.37. The highest BCUT2D eigenvalue weighted by Gasteiger charge is 2.28. The summed E-state index contributed by atoms with van der Waals surface area (Å²) in [7, 11) is -1.35. The molecule has 28 heavy (non-hydrogen) atoms. The number of sulfonamides is 1. The molecule has 1 N–H and O–H groups in total. The third kappa shape index (κ3) is 4.39. The Morgan fingerprint density at radius 1 is 1.07 bits per heavy atom. The third-order valence-electron chi connectivity index (χ3n) is 5.67. The van der Waals surface area contributed by atoms with Crippen LogP contribution < -0.4 is 4.72 Å². The maximum absolute atomic E-state index is 13.0. The number of rotatable bonds is 6. The van der Waals surface area contributed by atoms with Crippen molar-refractivity contribution in [2.24, 2.45) is 0 Å². The van der Waals surface area contributed by atoms with Gasteiger partial charge < -0.3 is 4.90 Å². The summed E-state index contributed by atoms with van der Waals surface area (Å²) in [5.41, 5.74) is 2.23. The highest BCUT2D eigenvalue weighted by molar-refractivity contribution is 7.93. The van der Waals surface area contributed by atoms with Gasteiger partial charge in [-0.05, 0) is 48.5 Å². The van der Waals surface area contributed by atoms with Gasteiger partial charge in [0.1, 0.15) is 0 Å². The van der Waals surface area contributed by atoms with Gasteiger partial charge in [-0.3, -0.25) is 4.90 Å². The Morgan fingerprint density at radius 2 is 1.86 bits per heavy atom. The fraction of sp³-hybridized carbons (Fsp3) is 0.429. The van der Waals surface area contributed by atoms with Gasteiger partial charge in [0.25, 0.3) is 0 Å². The number of hydrogen-bond donors (Lipinski definition) is 1. The summed E-state index contributed by atoms with van der Waals surface area (Å²) in [4.78, 5) is 6.43. The smallest absolute Gasteiger partial charge is 0.236 e. The van der Waals surface area contributed by atoms with E-state index in [9.17, 15) is 8.42 Å². The van der Waals surface area contributed by atoms with Crippen LogP contribution in [0.1, 0.15) is 28.5 Å². The Kier molecular flexibility index (Phi) is 5.99. The molecule has 0 saturated carbocycles.